The van der Waals surface area contributed by atoms with Crippen LogP contribution in [0.4, 0.5) is 0 Å². The average Bonchev–Trinajstić information content (AvgIpc) is 2.98. The van der Waals surface area contributed by atoms with Crippen LogP contribution in [0.3, 0.4) is 0 Å². The first-order chi connectivity index (χ1) is 11.4. The number of Topliss-reactive ketones (excluding diaryl/α,β-unsaturated/α-hetero) is 1. The number of fused-ring (bicyclic) bond motifs is 2. The molecule has 1 aromatic carbocycles. The number of carbonyl (C=O) groups is 3. The Balaban J connectivity index is 2.14. The second-order valence-electron chi connectivity index (χ2n) is 5.53. The molecule has 24 heavy (non-hydrogen) atoms. The smallest absolute Gasteiger partial charge is 0.201 e. The maximum atomic E-state index is 12.7. The molecule has 6 nitrogen and oxygen atoms in total. The topological polar surface area (TPSA) is 105 Å². The van der Waals surface area contributed by atoms with E-state index >= 15 is 0 Å². The van der Waals surface area contributed by atoms with Crippen molar-refractivity contribution in [1.29, 1.82) is 0 Å². The zero-order valence-electron chi connectivity index (χ0n) is 13.0. The van der Waals surface area contributed by atoms with Crippen molar-refractivity contribution in [2.24, 2.45) is 0 Å². The highest BCUT2D eigenvalue weighted by atomic mass is 16.3. The van der Waals surface area contributed by atoms with Crippen molar-refractivity contribution in [3.05, 3.63) is 58.1 Å². The number of aromatic hydroxyl groups is 2. The first-order valence-electron chi connectivity index (χ1n) is 7.27. The number of allylic oxidation sites excluding steroid dienone is 2. The number of phenols is 2. The molecule has 1 aliphatic carbocycles. The van der Waals surface area contributed by atoms with E-state index in [1.54, 1.807) is 19.9 Å². The van der Waals surface area contributed by atoms with Crippen LogP contribution in [0, 0.1) is 0 Å². The van der Waals surface area contributed by atoms with Crippen molar-refractivity contribution in [3.63, 3.8) is 0 Å². The van der Waals surface area contributed by atoms with Crippen LogP contribution in [0.25, 0.3) is 0 Å². The Morgan fingerprint density at radius 2 is 1.67 bits per heavy atom. The first-order valence-corrected chi connectivity index (χ1v) is 7.27. The Bertz CT molecular complexity index is 929. The summed E-state index contributed by atoms with van der Waals surface area (Å²) in [5.41, 5.74) is -0.0724. The SMILES string of the molecule is C/C=C(\C)C(=O)Cc1occ2c1C(=O)c1c(O)ccc(O)c1C2=O. The number of rotatable bonds is 3. The fourth-order valence-electron chi connectivity index (χ4n) is 2.69. The Morgan fingerprint density at radius 3 is 2.25 bits per heavy atom. The van der Waals surface area contributed by atoms with Gasteiger partial charge in [-0.2, -0.15) is 0 Å². The highest BCUT2D eigenvalue weighted by Crippen LogP contribution is 2.39. The predicted octanol–water partition coefficient (Wildman–Crippen LogP) is 2.54. The van der Waals surface area contributed by atoms with E-state index in [1.165, 1.54) is 0 Å². The summed E-state index contributed by atoms with van der Waals surface area (Å²) in [6.45, 7) is 3.36. The van der Waals surface area contributed by atoms with Crippen LogP contribution in [0.5, 0.6) is 11.5 Å². The molecule has 1 heterocycles. The van der Waals surface area contributed by atoms with Gasteiger partial charge >= 0.3 is 0 Å². The van der Waals surface area contributed by atoms with Gasteiger partial charge in [0.25, 0.3) is 0 Å². The maximum Gasteiger partial charge on any atom is 0.201 e. The third kappa shape index (κ3) is 2.15. The van der Waals surface area contributed by atoms with E-state index in [9.17, 15) is 24.6 Å². The molecule has 0 fully saturated rings. The molecule has 0 saturated heterocycles. The lowest BCUT2D eigenvalue weighted by atomic mass is 9.83. The van der Waals surface area contributed by atoms with Crippen molar-refractivity contribution in [2.75, 3.05) is 0 Å². The van der Waals surface area contributed by atoms with Crippen molar-refractivity contribution in [3.8, 4) is 11.5 Å². The predicted molar refractivity (Wildman–Crippen MR) is 83.5 cm³/mol. The van der Waals surface area contributed by atoms with Gasteiger partial charge in [0.15, 0.2) is 5.78 Å². The van der Waals surface area contributed by atoms with E-state index in [2.05, 4.69) is 0 Å². The summed E-state index contributed by atoms with van der Waals surface area (Å²) in [5.74, 6) is -2.24. The fraction of sp³-hybridized carbons (Fsp3) is 0.167. The lowest BCUT2D eigenvalue weighted by molar-refractivity contribution is -0.115. The minimum atomic E-state index is -0.650. The van der Waals surface area contributed by atoms with Crippen LogP contribution >= 0.6 is 0 Å². The molecule has 0 spiro atoms. The van der Waals surface area contributed by atoms with Gasteiger partial charge in [0.05, 0.1) is 28.7 Å². The summed E-state index contributed by atoms with van der Waals surface area (Å²) >= 11 is 0. The lowest BCUT2D eigenvalue weighted by Crippen LogP contribution is -2.21. The van der Waals surface area contributed by atoms with Gasteiger partial charge < -0.3 is 14.6 Å². The number of furan rings is 1. The van der Waals surface area contributed by atoms with Crippen LogP contribution in [-0.2, 0) is 11.2 Å². The van der Waals surface area contributed by atoms with E-state index in [1.807, 2.05) is 0 Å². The van der Waals surface area contributed by atoms with Gasteiger partial charge in [-0.25, -0.2) is 0 Å². The molecule has 0 saturated carbocycles. The molecular formula is C18H14O6. The number of benzene rings is 1. The first kappa shape index (κ1) is 15.7. The zero-order valence-corrected chi connectivity index (χ0v) is 13.0. The van der Waals surface area contributed by atoms with Crippen LogP contribution in [0.15, 0.2) is 34.5 Å². The van der Waals surface area contributed by atoms with Gasteiger partial charge in [0.2, 0.25) is 11.6 Å². The number of phenolic OH excluding ortho intramolecular Hbond substituents is 2. The number of ketones is 3. The van der Waals surface area contributed by atoms with Crippen LogP contribution in [0.1, 0.15) is 51.5 Å². The van der Waals surface area contributed by atoms with E-state index in [0.717, 1.165) is 18.4 Å². The lowest BCUT2D eigenvalue weighted by Gasteiger charge is -2.16. The van der Waals surface area contributed by atoms with Crippen molar-refractivity contribution in [2.45, 2.75) is 20.3 Å². The van der Waals surface area contributed by atoms with Crippen molar-refractivity contribution < 1.29 is 29.0 Å². The van der Waals surface area contributed by atoms with Crippen molar-refractivity contribution in [1.82, 2.24) is 0 Å². The van der Waals surface area contributed by atoms with E-state index < -0.39 is 23.1 Å². The molecule has 1 aromatic heterocycles. The van der Waals surface area contributed by atoms with Gasteiger partial charge in [-0.05, 0) is 31.6 Å². The maximum absolute atomic E-state index is 12.7. The zero-order chi connectivity index (χ0) is 17.6. The van der Waals surface area contributed by atoms with E-state index in [-0.39, 0.29) is 40.2 Å². The number of hydrogen-bond acceptors (Lipinski definition) is 6. The van der Waals surface area contributed by atoms with E-state index in [0.29, 0.717) is 5.57 Å². The average molecular weight is 326 g/mol. The standard InChI is InChI=1S/C18H14O6/c1-3-8(2)12(21)6-13-14-9(7-24-13)17(22)15-10(19)4-5-11(20)16(15)18(14)23/h3-5,7,19-20H,6H2,1-2H3/b8-3+. The molecule has 0 atom stereocenters. The highest BCUT2D eigenvalue weighted by Gasteiger charge is 2.38. The van der Waals surface area contributed by atoms with Gasteiger partial charge in [0, 0.05) is 0 Å². The minimum absolute atomic E-state index is 0.0191. The molecule has 0 bridgehead atoms. The molecule has 3 rings (SSSR count). The normalized spacial score (nSPS) is 13.7. The summed E-state index contributed by atoms with van der Waals surface area (Å²) in [6.07, 6.45) is 2.58. The van der Waals surface area contributed by atoms with Gasteiger partial charge in [-0.3, -0.25) is 14.4 Å². The molecular weight excluding hydrogens is 312 g/mol. The van der Waals surface area contributed by atoms with Crippen LogP contribution < -0.4 is 0 Å². The molecule has 0 amide bonds. The molecule has 0 radical (unpaired) electrons. The molecule has 1 aliphatic rings. The van der Waals surface area contributed by atoms with Crippen molar-refractivity contribution >= 4 is 17.3 Å². The molecule has 6 heteroatoms. The van der Waals surface area contributed by atoms with Crippen LogP contribution in [0.2, 0.25) is 0 Å². The Kier molecular flexibility index (Phi) is 3.60. The molecule has 2 aromatic rings. The largest absolute Gasteiger partial charge is 0.507 e. The fourth-order valence-corrected chi connectivity index (χ4v) is 2.69. The van der Waals surface area contributed by atoms with Gasteiger partial charge in [-0.1, -0.05) is 6.08 Å². The summed E-state index contributed by atoms with van der Waals surface area (Å²) in [7, 11) is 0. The van der Waals surface area contributed by atoms with Gasteiger partial charge in [-0.15, -0.1) is 0 Å². The Morgan fingerprint density at radius 1 is 1.08 bits per heavy atom. The second-order valence-corrected chi connectivity index (χ2v) is 5.53. The molecule has 122 valence electrons. The Labute approximate surface area is 137 Å². The van der Waals surface area contributed by atoms with Crippen LogP contribution in [-0.4, -0.2) is 27.6 Å². The molecule has 0 unspecified atom stereocenters. The second kappa shape index (κ2) is 5.49. The summed E-state index contributed by atoms with van der Waals surface area (Å²) in [6, 6.07) is 2.28. The number of hydrogen-bond donors (Lipinski definition) is 2. The minimum Gasteiger partial charge on any atom is -0.507 e. The summed E-state index contributed by atoms with van der Waals surface area (Å²) < 4.78 is 5.28. The van der Waals surface area contributed by atoms with Gasteiger partial charge in [0.1, 0.15) is 23.5 Å². The summed E-state index contributed by atoms with van der Waals surface area (Å²) in [4.78, 5) is 37.3. The van der Waals surface area contributed by atoms with E-state index in [4.69, 9.17) is 4.42 Å². The Hall–Kier alpha value is -3.15. The third-order valence-corrected chi connectivity index (χ3v) is 4.15. The molecule has 0 aliphatic heterocycles. The molecule has 2 N–H and O–H groups in total. The summed E-state index contributed by atoms with van der Waals surface area (Å²) in [5, 5.41) is 19.8. The highest BCUT2D eigenvalue weighted by molar-refractivity contribution is 6.30. The monoisotopic (exact) mass is 326 g/mol. The quantitative estimate of drug-likeness (QED) is 0.566. The number of carbonyl (C=O) groups excluding carboxylic acids is 3. The third-order valence-electron chi connectivity index (χ3n) is 4.15.